The van der Waals surface area contributed by atoms with E-state index in [4.69, 9.17) is 15.2 Å². The summed E-state index contributed by atoms with van der Waals surface area (Å²) in [4.78, 5) is 0. The minimum Gasteiger partial charge on any atom is -0.394 e. The maximum absolute atomic E-state index is 9.51. The molecule has 0 aromatic heterocycles. The molecule has 4 nitrogen and oxygen atoms in total. The SMILES string of the molecule is CCCOCCOCCC(N)(CO)c1ccccc1. The van der Waals surface area contributed by atoms with Gasteiger partial charge in [-0.2, -0.15) is 0 Å². The van der Waals surface area contributed by atoms with Crippen LogP contribution in [0.25, 0.3) is 0 Å². The van der Waals surface area contributed by atoms with Crippen molar-refractivity contribution in [3.63, 3.8) is 0 Å². The molecule has 4 heteroatoms. The van der Waals surface area contributed by atoms with Gasteiger partial charge in [-0.3, -0.25) is 0 Å². The molecule has 19 heavy (non-hydrogen) atoms. The van der Waals surface area contributed by atoms with Crippen molar-refractivity contribution in [3.8, 4) is 0 Å². The summed E-state index contributed by atoms with van der Waals surface area (Å²) in [5.41, 5.74) is 6.42. The summed E-state index contributed by atoms with van der Waals surface area (Å²) >= 11 is 0. The van der Waals surface area contributed by atoms with Crippen LogP contribution < -0.4 is 5.73 Å². The molecule has 1 aromatic rings. The molecule has 0 saturated heterocycles. The van der Waals surface area contributed by atoms with E-state index in [9.17, 15) is 5.11 Å². The molecule has 0 aliphatic carbocycles. The first-order valence-corrected chi connectivity index (χ1v) is 6.83. The van der Waals surface area contributed by atoms with Crippen molar-refractivity contribution in [2.45, 2.75) is 25.3 Å². The monoisotopic (exact) mass is 267 g/mol. The molecular formula is C15H25NO3. The largest absolute Gasteiger partial charge is 0.394 e. The Labute approximate surface area is 115 Å². The van der Waals surface area contributed by atoms with Crippen molar-refractivity contribution in [3.05, 3.63) is 35.9 Å². The van der Waals surface area contributed by atoms with Gasteiger partial charge in [0, 0.05) is 13.2 Å². The van der Waals surface area contributed by atoms with E-state index in [1.165, 1.54) is 0 Å². The van der Waals surface area contributed by atoms with E-state index in [0.29, 0.717) is 26.2 Å². The van der Waals surface area contributed by atoms with Gasteiger partial charge >= 0.3 is 0 Å². The number of hydrogen-bond acceptors (Lipinski definition) is 4. The first kappa shape index (κ1) is 16.1. The highest BCUT2D eigenvalue weighted by Crippen LogP contribution is 2.21. The lowest BCUT2D eigenvalue weighted by molar-refractivity contribution is 0.0364. The van der Waals surface area contributed by atoms with Gasteiger partial charge < -0.3 is 20.3 Å². The second kappa shape index (κ2) is 9.04. The van der Waals surface area contributed by atoms with Crippen molar-refractivity contribution in [1.29, 1.82) is 0 Å². The molecule has 0 spiro atoms. The number of benzene rings is 1. The molecule has 1 unspecified atom stereocenters. The van der Waals surface area contributed by atoms with Crippen LogP contribution in [-0.2, 0) is 15.0 Å². The first-order valence-electron chi connectivity index (χ1n) is 6.83. The Bertz CT molecular complexity index is 331. The Morgan fingerprint density at radius 2 is 1.68 bits per heavy atom. The van der Waals surface area contributed by atoms with Crippen LogP contribution in [0.5, 0.6) is 0 Å². The van der Waals surface area contributed by atoms with Crippen LogP contribution in [0.4, 0.5) is 0 Å². The third kappa shape index (κ3) is 5.70. The van der Waals surface area contributed by atoms with Gasteiger partial charge in [0.15, 0.2) is 0 Å². The molecule has 0 radical (unpaired) electrons. The Morgan fingerprint density at radius 3 is 2.26 bits per heavy atom. The van der Waals surface area contributed by atoms with Crippen molar-refractivity contribution >= 4 is 0 Å². The zero-order valence-electron chi connectivity index (χ0n) is 11.7. The van der Waals surface area contributed by atoms with Crippen LogP contribution in [0.2, 0.25) is 0 Å². The predicted molar refractivity (Wildman–Crippen MR) is 75.9 cm³/mol. The fraction of sp³-hybridized carbons (Fsp3) is 0.600. The number of rotatable bonds is 10. The number of nitrogens with two attached hydrogens (primary N) is 1. The molecule has 0 aliphatic heterocycles. The fourth-order valence-electron chi connectivity index (χ4n) is 1.81. The summed E-state index contributed by atoms with van der Waals surface area (Å²) in [6.07, 6.45) is 1.60. The summed E-state index contributed by atoms with van der Waals surface area (Å²) < 4.78 is 10.8. The van der Waals surface area contributed by atoms with Crippen molar-refractivity contribution in [1.82, 2.24) is 0 Å². The zero-order chi connectivity index (χ0) is 14.0. The van der Waals surface area contributed by atoms with Crippen molar-refractivity contribution in [2.75, 3.05) is 33.0 Å². The van der Waals surface area contributed by atoms with Crippen LogP contribution in [0.1, 0.15) is 25.3 Å². The molecule has 0 bridgehead atoms. The van der Waals surface area contributed by atoms with E-state index in [-0.39, 0.29) is 6.61 Å². The normalized spacial score (nSPS) is 14.3. The summed E-state index contributed by atoms with van der Waals surface area (Å²) in [6.45, 7) is 4.44. The van der Waals surface area contributed by atoms with Gasteiger partial charge in [0.2, 0.25) is 0 Å². The molecule has 3 N–H and O–H groups in total. The topological polar surface area (TPSA) is 64.7 Å². The summed E-state index contributed by atoms with van der Waals surface area (Å²) in [6, 6.07) is 9.64. The number of ether oxygens (including phenoxy) is 2. The molecule has 0 amide bonds. The second-order valence-electron chi connectivity index (χ2n) is 4.66. The van der Waals surface area contributed by atoms with Gasteiger partial charge in [0.1, 0.15) is 0 Å². The number of aliphatic hydroxyl groups is 1. The Morgan fingerprint density at radius 1 is 1.05 bits per heavy atom. The van der Waals surface area contributed by atoms with Crippen LogP contribution in [0.3, 0.4) is 0 Å². The maximum Gasteiger partial charge on any atom is 0.0700 e. The van der Waals surface area contributed by atoms with E-state index in [2.05, 4.69) is 6.92 Å². The van der Waals surface area contributed by atoms with Gasteiger partial charge in [0.25, 0.3) is 0 Å². The van der Waals surface area contributed by atoms with Crippen molar-refractivity contribution < 1.29 is 14.6 Å². The highest BCUT2D eigenvalue weighted by atomic mass is 16.5. The molecule has 1 rings (SSSR count). The second-order valence-corrected chi connectivity index (χ2v) is 4.66. The average molecular weight is 267 g/mol. The minimum absolute atomic E-state index is 0.0906. The minimum atomic E-state index is -0.731. The van der Waals surface area contributed by atoms with Gasteiger partial charge in [-0.25, -0.2) is 0 Å². The molecule has 0 heterocycles. The molecule has 0 saturated carbocycles. The molecule has 1 aromatic carbocycles. The number of hydrogen-bond donors (Lipinski definition) is 2. The lowest BCUT2D eigenvalue weighted by atomic mass is 9.89. The maximum atomic E-state index is 9.51. The van der Waals surface area contributed by atoms with Crippen LogP contribution in [0.15, 0.2) is 30.3 Å². The Balaban J connectivity index is 2.29. The van der Waals surface area contributed by atoms with Crippen molar-refractivity contribution in [2.24, 2.45) is 5.73 Å². The third-order valence-corrected chi connectivity index (χ3v) is 3.04. The zero-order valence-corrected chi connectivity index (χ0v) is 11.7. The lowest BCUT2D eigenvalue weighted by Crippen LogP contribution is -2.41. The Hall–Kier alpha value is -0.940. The average Bonchev–Trinajstić information content (AvgIpc) is 2.47. The molecule has 108 valence electrons. The highest BCUT2D eigenvalue weighted by Gasteiger charge is 2.25. The standard InChI is InChI=1S/C15H25NO3/c1-2-9-18-11-12-19-10-8-15(16,13-17)14-6-4-3-5-7-14/h3-7,17H,2,8-13,16H2,1H3. The van der Waals surface area contributed by atoms with Gasteiger partial charge in [0.05, 0.1) is 25.4 Å². The fourth-order valence-corrected chi connectivity index (χ4v) is 1.81. The summed E-state index contributed by atoms with van der Waals surface area (Å²) in [5.74, 6) is 0. The van der Waals surface area contributed by atoms with Crippen LogP contribution in [-0.4, -0.2) is 38.1 Å². The van der Waals surface area contributed by atoms with Gasteiger partial charge in [-0.1, -0.05) is 37.3 Å². The van der Waals surface area contributed by atoms with E-state index >= 15 is 0 Å². The molecule has 0 aliphatic rings. The van der Waals surface area contributed by atoms with E-state index < -0.39 is 5.54 Å². The molecule has 0 fully saturated rings. The van der Waals surface area contributed by atoms with Gasteiger partial charge in [-0.05, 0) is 18.4 Å². The van der Waals surface area contributed by atoms with Crippen LogP contribution in [0, 0.1) is 0 Å². The molecule has 1 atom stereocenters. The quantitative estimate of drug-likeness (QED) is 0.633. The Kier molecular flexibility index (Phi) is 7.67. The smallest absolute Gasteiger partial charge is 0.0700 e. The first-order chi connectivity index (χ1) is 9.23. The van der Waals surface area contributed by atoms with E-state index in [1.807, 2.05) is 30.3 Å². The summed E-state index contributed by atoms with van der Waals surface area (Å²) in [7, 11) is 0. The van der Waals surface area contributed by atoms with Gasteiger partial charge in [-0.15, -0.1) is 0 Å². The lowest BCUT2D eigenvalue weighted by Gasteiger charge is -2.27. The highest BCUT2D eigenvalue weighted by molar-refractivity contribution is 5.23. The predicted octanol–water partition coefficient (Wildman–Crippen LogP) is 1.67. The van der Waals surface area contributed by atoms with E-state index in [1.54, 1.807) is 0 Å². The van der Waals surface area contributed by atoms with Crippen LogP contribution >= 0.6 is 0 Å². The summed E-state index contributed by atoms with van der Waals surface area (Å²) in [5, 5.41) is 9.51. The number of aliphatic hydroxyl groups excluding tert-OH is 1. The third-order valence-electron chi connectivity index (χ3n) is 3.04. The van der Waals surface area contributed by atoms with E-state index in [0.717, 1.165) is 18.6 Å². The molecular weight excluding hydrogens is 242 g/mol.